The van der Waals surface area contributed by atoms with Gasteiger partial charge in [-0.3, -0.25) is 14.5 Å². The molecule has 0 saturated carbocycles. The third kappa shape index (κ3) is 3.10. The highest BCUT2D eigenvalue weighted by atomic mass is 16.6. The number of morpholine rings is 1. The van der Waals surface area contributed by atoms with Crippen LogP contribution in [-0.4, -0.2) is 79.5 Å². The topological polar surface area (TPSA) is 92.7 Å². The summed E-state index contributed by atoms with van der Waals surface area (Å²) in [5, 5.41) is 22.8. The molecule has 3 aliphatic heterocycles. The molecule has 5 heterocycles. The van der Waals surface area contributed by atoms with E-state index in [4.69, 9.17) is 9.37 Å². The van der Waals surface area contributed by atoms with Crippen LogP contribution in [0.25, 0.3) is 11.0 Å². The molecule has 0 unspecified atom stereocenters. The van der Waals surface area contributed by atoms with Crippen molar-refractivity contribution in [3.05, 3.63) is 41.2 Å². The number of likely N-dealkylation sites (tertiary alicyclic amines) is 2. The second-order valence-corrected chi connectivity index (χ2v) is 9.46. The minimum atomic E-state index is -0.236. The zero-order valence-corrected chi connectivity index (χ0v) is 17.9. The highest BCUT2D eigenvalue weighted by Gasteiger charge is 2.62. The Kier molecular flexibility index (Phi) is 4.43. The zero-order chi connectivity index (χ0) is 21.2. The van der Waals surface area contributed by atoms with Crippen molar-refractivity contribution in [2.75, 3.05) is 32.8 Å². The first-order valence-electron chi connectivity index (χ1n) is 11.0. The fourth-order valence-corrected chi connectivity index (χ4v) is 6.14. The Labute approximate surface area is 180 Å². The van der Waals surface area contributed by atoms with Gasteiger partial charge in [-0.15, -0.1) is 0 Å². The molecule has 0 radical (unpaired) electrons. The van der Waals surface area contributed by atoms with Crippen LogP contribution in [0.15, 0.2) is 28.9 Å². The van der Waals surface area contributed by atoms with Crippen LogP contribution in [0.1, 0.15) is 17.0 Å². The van der Waals surface area contributed by atoms with Crippen molar-refractivity contribution >= 4 is 11.0 Å². The van der Waals surface area contributed by atoms with Crippen molar-refractivity contribution in [2.45, 2.75) is 31.7 Å². The van der Waals surface area contributed by atoms with Crippen LogP contribution in [0.2, 0.25) is 0 Å². The lowest BCUT2D eigenvalue weighted by Gasteiger charge is -2.40. The number of fused-ring (bicyclic) bond motifs is 2. The molecule has 0 amide bonds. The molecule has 0 aliphatic carbocycles. The second-order valence-electron chi connectivity index (χ2n) is 9.46. The molecule has 3 aromatic rings. The molecule has 164 valence electrons. The molecule has 6 rings (SSSR count). The standard InChI is InChI=1S/C22H28N6O3/c1-14-6-16(26(2)23-14)8-28-9-18-17(11-29)20-10-27(12-22(18,13-28)30-20)7-15-4-3-5-19-21(15)25-31-24-19/h3-6,17-18,20,29H,7-13H2,1-2H3/t17-,18+,20+,22+/m0/s1. The Bertz CT molecular complexity index is 1110. The second kappa shape index (κ2) is 7.09. The molecule has 3 aliphatic rings. The van der Waals surface area contributed by atoms with Crippen LogP contribution in [0, 0.1) is 18.8 Å². The van der Waals surface area contributed by atoms with Gasteiger partial charge in [-0.2, -0.15) is 5.10 Å². The van der Waals surface area contributed by atoms with Crippen LogP contribution in [0.5, 0.6) is 0 Å². The zero-order valence-electron chi connectivity index (χ0n) is 17.9. The number of aliphatic hydroxyl groups excluding tert-OH is 1. The van der Waals surface area contributed by atoms with E-state index in [0.29, 0.717) is 5.92 Å². The van der Waals surface area contributed by atoms with Crippen LogP contribution in [0.3, 0.4) is 0 Å². The van der Waals surface area contributed by atoms with E-state index in [1.54, 1.807) is 0 Å². The molecule has 4 atom stereocenters. The molecule has 31 heavy (non-hydrogen) atoms. The van der Waals surface area contributed by atoms with Gasteiger partial charge in [0.1, 0.15) is 11.0 Å². The van der Waals surface area contributed by atoms with Gasteiger partial charge < -0.3 is 9.84 Å². The SMILES string of the molecule is Cc1cc(CN2C[C@@H]3[C@H](CO)[C@H]4CN(Cc5cccc6nonc56)C[C@]3(C2)O4)n(C)n1. The summed E-state index contributed by atoms with van der Waals surface area (Å²) in [6.07, 6.45) is 0.0690. The molecule has 9 heteroatoms. The number of benzene rings is 1. The third-order valence-electron chi connectivity index (χ3n) is 7.39. The third-order valence-corrected chi connectivity index (χ3v) is 7.39. The summed E-state index contributed by atoms with van der Waals surface area (Å²) in [4.78, 5) is 4.92. The molecule has 2 aromatic heterocycles. The fourth-order valence-electron chi connectivity index (χ4n) is 6.14. The number of aromatic nitrogens is 4. The summed E-state index contributed by atoms with van der Waals surface area (Å²) in [6, 6.07) is 8.17. The van der Waals surface area contributed by atoms with Gasteiger partial charge in [-0.05, 0) is 34.9 Å². The molecule has 1 N–H and O–H groups in total. The molecule has 3 saturated heterocycles. The maximum Gasteiger partial charge on any atom is 0.139 e. The first-order valence-corrected chi connectivity index (χ1v) is 11.0. The number of ether oxygens (including phenoxy) is 1. The van der Waals surface area contributed by atoms with E-state index < -0.39 is 0 Å². The fraction of sp³-hybridized carbons (Fsp3) is 0.591. The van der Waals surface area contributed by atoms with Crippen molar-refractivity contribution in [1.82, 2.24) is 29.9 Å². The number of hydrogen-bond donors (Lipinski definition) is 1. The van der Waals surface area contributed by atoms with Gasteiger partial charge in [0.05, 0.1) is 23.1 Å². The lowest BCUT2D eigenvalue weighted by Crippen LogP contribution is -2.53. The Hall–Kier alpha value is -2.33. The first-order chi connectivity index (χ1) is 15.0. The van der Waals surface area contributed by atoms with E-state index in [-0.39, 0.29) is 24.2 Å². The van der Waals surface area contributed by atoms with Gasteiger partial charge in [-0.1, -0.05) is 12.1 Å². The van der Waals surface area contributed by atoms with Gasteiger partial charge in [0.15, 0.2) is 0 Å². The quantitative estimate of drug-likeness (QED) is 0.648. The van der Waals surface area contributed by atoms with E-state index in [9.17, 15) is 5.11 Å². The highest BCUT2D eigenvalue weighted by molar-refractivity contribution is 5.76. The van der Waals surface area contributed by atoms with Crippen molar-refractivity contribution in [1.29, 1.82) is 0 Å². The molecule has 2 bridgehead atoms. The normalized spacial score (nSPS) is 31.0. The van der Waals surface area contributed by atoms with E-state index in [2.05, 4.69) is 37.3 Å². The molecular weight excluding hydrogens is 396 g/mol. The maximum absolute atomic E-state index is 10.2. The van der Waals surface area contributed by atoms with Gasteiger partial charge in [0.25, 0.3) is 0 Å². The van der Waals surface area contributed by atoms with Gasteiger partial charge in [-0.25, -0.2) is 4.63 Å². The molecule has 3 fully saturated rings. The van der Waals surface area contributed by atoms with Gasteiger partial charge in [0, 0.05) is 64.8 Å². The number of nitrogens with zero attached hydrogens (tertiary/aromatic N) is 6. The summed E-state index contributed by atoms with van der Waals surface area (Å²) in [5.74, 6) is 0.513. The van der Waals surface area contributed by atoms with Gasteiger partial charge in [0.2, 0.25) is 0 Å². The Morgan fingerprint density at radius 1 is 1.16 bits per heavy atom. The summed E-state index contributed by atoms with van der Waals surface area (Å²) < 4.78 is 13.6. The van der Waals surface area contributed by atoms with Gasteiger partial charge >= 0.3 is 0 Å². The smallest absolute Gasteiger partial charge is 0.139 e. The van der Waals surface area contributed by atoms with Crippen molar-refractivity contribution in [2.24, 2.45) is 18.9 Å². The summed E-state index contributed by atoms with van der Waals surface area (Å²) in [5.41, 5.74) is 4.75. The average molecular weight is 425 g/mol. The maximum atomic E-state index is 10.2. The number of aliphatic hydroxyl groups is 1. The lowest BCUT2D eigenvalue weighted by atomic mass is 9.83. The van der Waals surface area contributed by atoms with E-state index in [0.717, 1.165) is 61.6 Å². The summed E-state index contributed by atoms with van der Waals surface area (Å²) in [7, 11) is 2.00. The summed E-state index contributed by atoms with van der Waals surface area (Å²) in [6.45, 7) is 7.33. The van der Waals surface area contributed by atoms with Crippen molar-refractivity contribution < 1.29 is 14.5 Å². The van der Waals surface area contributed by atoms with Crippen LogP contribution in [0.4, 0.5) is 0 Å². The Morgan fingerprint density at radius 3 is 2.77 bits per heavy atom. The van der Waals surface area contributed by atoms with Crippen molar-refractivity contribution in [3.63, 3.8) is 0 Å². The van der Waals surface area contributed by atoms with Crippen LogP contribution in [-0.2, 0) is 24.9 Å². The molecule has 9 nitrogen and oxygen atoms in total. The monoisotopic (exact) mass is 424 g/mol. The number of aryl methyl sites for hydroxylation is 2. The molecular formula is C22H28N6O3. The van der Waals surface area contributed by atoms with Crippen LogP contribution < -0.4 is 0 Å². The van der Waals surface area contributed by atoms with Crippen LogP contribution >= 0.6 is 0 Å². The summed E-state index contributed by atoms with van der Waals surface area (Å²) >= 11 is 0. The average Bonchev–Trinajstić information content (AvgIpc) is 3.45. The van der Waals surface area contributed by atoms with E-state index in [1.165, 1.54) is 5.69 Å². The number of hydrogen-bond acceptors (Lipinski definition) is 8. The van der Waals surface area contributed by atoms with Crippen molar-refractivity contribution in [3.8, 4) is 0 Å². The lowest BCUT2D eigenvalue weighted by molar-refractivity contribution is -0.119. The first kappa shape index (κ1) is 19.4. The minimum absolute atomic E-state index is 0.0690. The Balaban J connectivity index is 1.24. The highest BCUT2D eigenvalue weighted by Crippen LogP contribution is 2.49. The van der Waals surface area contributed by atoms with E-state index >= 15 is 0 Å². The predicted molar refractivity (Wildman–Crippen MR) is 112 cm³/mol. The predicted octanol–water partition coefficient (Wildman–Crippen LogP) is 0.958. The largest absolute Gasteiger partial charge is 0.396 e. The van der Waals surface area contributed by atoms with E-state index in [1.807, 2.05) is 30.8 Å². The molecule has 1 aromatic carbocycles. The Morgan fingerprint density at radius 2 is 2.00 bits per heavy atom. The molecule has 1 spiro atoms. The minimum Gasteiger partial charge on any atom is -0.396 e. The number of rotatable bonds is 5.